The van der Waals surface area contributed by atoms with Crippen molar-refractivity contribution in [2.45, 2.75) is 31.6 Å². The molecule has 1 atom stereocenters. The summed E-state index contributed by atoms with van der Waals surface area (Å²) in [4.78, 5) is 14.6. The molecule has 0 aliphatic heterocycles. The molecule has 0 radical (unpaired) electrons. The smallest absolute Gasteiger partial charge is 0.310 e. The van der Waals surface area contributed by atoms with Crippen LogP contribution in [0, 0.1) is 0 Å². The molecular weight excluding hydrogens is 394 g/mol. The summed E-state index contributed by atoms with van der Waals surface area (Å²) in [6, 6.07) is 28.5. The van der Waals surface area contributed by atoms with Gasteiger partial charge in [0, 0.05) is 6.54 Å². The molecule has 3 aromatic rings. The zero-order chi connectivity index (χ0) is 22.6. The molecule has 32 heavy (non-hydrogen) atoms. The third kappa shape index (κ3) is 6.93. The third-order valence-electron chi connectivity index (χ3n) is 5.86. The molecule has 0 aliphatic rings. The van der Waals surface area contributed by atoms with E-state index in [0.29, 0.717) is 6.42 Å². The minimum atomic E-state index is -0.757. The van der Waals surface area contributed by atoms with Crippen molar-refractivity contribution in [3.63, 3.8) is 0 Å². The highest BCUT2D eigenvalue weighted by Crippen LogP contribution is 2.32. The van der Waals surface area contributed by atoms with Gasteiger partial charge >= 0.3 is 5.97 Å². The summed E-state index contributed by atoms with van der Waals surface area (Å²) in [7, 11) is 0. The van der Waals surface area contributed by atoms with Crippen molar-refractivity contribution >= 4 is 5.97 Å². The normalized spacial score (nSPS) is 11.9. The number of carboxylic acids is 1. The van der Waals surface area contributed by atoms with Crippen molar-refractivity contribution in [3.8, 4) is 11.1 Å². The van der Waals surface area contributed by atoms with E-state index in [9.17, 15) is 9.90 Å². The van der Waals surface area contributed by atoms with Crippen LogP contribution < -0.4 is 0 Å². The number of aryl methyl sites for hydroxylation is 1. The highest BCUT2D eigenvalue weighted by atomic mass is 16.4. The van der Waals surface area contributed by atoms with Gasteiger partial charge in [0.2, 0.25) is 0 Å². The topological polar surface area (TPSA) is 40.5 Å². The fraction of sp³-hybridized carbons (Fsp3) is 0.276. The summed E-state index contributed by atoms with van der Waals surface area (Å²) in [5.41, 5.74) is 4.31. The van der Waals surface area contributed by atoms with Crippen molar-refractivity contribution in [2.75, 3.05) is 19.6 Å². The average Bonchev–Trinajstić information content (AvgIpc) is 2.83. The summed E-state index contributed by atoms with van der Waals surface area (Å²) in [6.07, 6.45) is 5.51. The fourth-order valence-electron chi connectivity index (χ4n) is 4.24. The molecular formula is C29H33NO2. The number of carboxylic acid groups (broad SMARTS) is 1. The summed E-state index contributed by atoms with van der Waals surface area (Å²) < 4.78 is 0. The minimum absolute atomic E-state index is 0.513. The highest BCUT2D eigenvalue weighted by molar-refractivity contribution is 5.81. The van der Waals surface area contributed by atoms with Gasteiger partial charge in [-0.15, -0.1) is 6.58 Å². The molecule has 3 nitrogen and oxygen atoms in total. The average molecular weight is 428 g/mol. The van der Waals surface area contributed by atoms with Gasteiger partial charge in [-0.2, -0.15) is 0 Å². The van der Waals surface area contributed by atoms with Crippen LogP contribution in [-0.2, 0) is 11.2 Å². The van der Waals surface area contributed by atoms with E-state index >= 15 is 0 Å². The lowest BCUT2D eigenvalue weighted by Crippen LogP contribution is -2.27. The largest absolute Gasteiger partial charge is 0.481 e. The maximum Gasteiger partial charge on any atom is 0.310 e. The molecule has 3 aromatic carbocycles. The molecule has 3 heteroatoms. The first-order valence-corrected chi connectivity index (χ1v) is 11.4. The van der Waals surface area contributed by atoms with Crippen molar-refractivity contribution in [3.05, 3.63) is 109 Å². The number of hydrogen-bond donors (Lipinski definition) is 1. The highest BCUT2D eigenvalue weighted by Gasteiger charge is 2.23. The van der Waals surface area contributed by atoms with Crippen LogP contribution in [0.3, 0.4) is 0 Å². The Morgan fingerprint density at radius 3 is 2.19 bits per heavy atom. The molecule has 0 saturated heterocycles. The first-order valence-electron chi connectivity index (χ1n) is 11.4. The first kappa shape index (κ1) is 23.5. The second kappa shape index (κ2) is 12.6. The van der Waals surface area contributed by atoms with Gasteiger partial charge in [-0.05, 0) is 61.0 Å². The lowest BCUT2D eigenvalue weighted by molar-refractivity contribution is -0.139. The Hall–Kier alpha value is -3.17. The van der Waals surface area contributed by atoms with Crippen LogP contribution in [0.2, 0.25) is 0 Å². The lowest BCUT2D eigenvalue weighted by atomic mass is 9.87. The molecule has 0 bridgehead atoms. The lowest BCUT2D eigenvalue weighted by Gasteiger charge is -2.22. The number of benzene rings is 3. The molecule has 1 unspecified atom stereocenters. The van der Waals surface area contributed by atoms with Crippen LogP contribution in [0.1, 0.15) is 36.3 Å². The van der Waals surface area contributed by atoms with Gasteiger partial charge in [-0.1, -0.05) is 91.0 Å². The Balaban J connectivity index is 1.60. The summed E-state index contributed by atoms with van der Waals surface area (Å²) >= 11 is 0. The van der Waals surface area contributed by atoms with E-state index in [0.717, 1.165) is 55.6 Å². The second-order valence-corrected chi connectivity index (χ2v) is 8.16. The van der Waals surface area contributed by atoms with Gasteiger partial charge in [-0.25, -0.2) is 0 Å². The van der Waals surface area contributed by atoms with Crippen LogP contribution in [0.25, 0.3) is 11.1 Å². The zero-order valence-electron chi connectivity index (χ0n) is 18.7. The summed E-state index contributed by atoms with van der Waals surface area (Å²) in [5.74, 6) is -1.27. The molecule has 0 heterocycles. The molecule has 0 aliphatic carbocycles. The quantitative estimate of drug-likeness (QED) is 0.320. The standard InChI is InChI=1S/C29H33NO2/c1-2-21-30(22-11-15-24-13-5-3-6-14-24)23-12-20-28(29(31)32)27-19-10-9-18-26(27)25-16-7-4-8-17-25/h2-10,13-14,16-19,28H,1,11-12,15,20-23H2,(H,31,32). The SMILES string of the molecule is C=CCN(CCCc1ccccc1)CCCC(C(=O)O)c1ccccc1-c1ccccc1. The monoisotopic (exact) mass is 427 g/mol. The van der Waals surface area contributed by atoms with Crippen molar-refractivity contribution in [1.82, 2.24) is 4.90 Å². The Bertz CT molecular complexity index is 969. The molecule has 3 rings (SSSR count). The van der Waals surface area contributed by atoms with E-state index in [1.165, 1.54) is 5.56 Å². The summed E-state index contributed by atoms with van der Waals surface area (Å²) in [5, 5.41) is 10.0. The third-order valence-corrected chi connectivity index (χ3v) is 5.86. The predicted octanol–water partition coefficient (Wildman–Crippen LogP) is 6.42. The van der Waals surface area contributed by atoms with Gasteiger partial charge < -0.3 is 5.11 Å². The number of hydrogen-bond acceptors (Lipinski definition) is 2. The Morgan fingerprint density at radius 2 is 1.50 bits per heavy atom. The molecule has 0 aromatic heterocycles. The Morgan fingerprint density at radius 1 is 0.875 bits per heavy atom. The van der Waals surface area contributed by atoms with Gasteiger partial charge in [-0.3, -0.25) is 9.69 Å². The van der Waals surface area contributed by atoms with Gasteiger partial charge in [0.15, 0.2) is 0 Å². The molecule has 0 spiro atoms. The molecule has 0 saturated carbocycles. The van der Waals surface area contributed by atoms with Crippen LogP contribution in [0.15, 0.2) is 97.6 Å². The molecule has 1 N–H and O–H groups in total. The van der Waals surface area contributed by atoms with Crippen LogP contribution in [-0.4, -0.2) is 35.6 Å². The van der Waals surface area contributed by atoms with E-state index in [2.05, 4.69) is 35.7 Å². The van der Waals surface area contributed by atoms with E-state index in [4.69, 9.17) is 0 Å². The van der Waals surface area contributed by atoms with Crippen LogP contribution in [0.5, 0.6) is 0 Å². The molecule has 0 amide bonds. The van der Waals surface area contributed by atoms with E-state index in [1.807, 2.05) is 66.7 Å². The zero-order valence-corrected chi connectivity index (χ0v) is 18.7. The van der Waals surface area contributed by atoms with Crippen LogP contribution in [0.4, 0.5) is 0 Å². The Kier molecular flexibility index (Phi) is 9.27. The fourth-order valence-corrected chi connectivity index (χ4v) is 4.24. The maximum atomic E-state index is 12.2. The minimum Gasteiger partial charge on any atom is -0.481 e. The van der Waals surface area contributed by atoms with Crippen LogP contribution >= 0.6 is 0 Å². The van der Waals surface area contributed by atoms with Crippen molar-refractivity contribution in [2.24, 2.45) is 0 Å². The second-order valence-electron chi connectivity index (χ2n) is 8.16. The number of aliphatic carboxylic acids is 1. The molecule has 0 fully saturated rings. The summed E-state index contributed by atoms with van der Waals surface area (Å²) in [6.45, 7) is 6.58. The predicted molar refractivity (Wildman–Crippen MR) is 133 cm³/mol. The van der Waals surface area contributed by atoms with Crippen molar-refractivity contribution in [1.29, 1.82) is 0 Å². The van der Waals surface area contributed by atoms with Gasteiger partial charge in [0.1, 0.15) is 0 Å². The van der Waals surface area contributed by atoms with E-state index < -0.39 is 11.9 Å². The number of carbonyl (C=O) groups is 1. The number of rotatable bonds is 13. The maximum absolute atomic E-state index is 12.2. The van der Waals surface area contributed by atoms with Crippen molar-refractivity contribution < 1.29 is 9.90 Å². The van der Waals surface area contributed by atoms with Gasteiger partial charge in [0.25, 0.3) is 0 Å². The first-order chi connectivity index (χ1) is 15.7. The number of nitrogens with zero attached hydrogens (tertiary/aromatic N) is 1. The van der Waals surface area contributed by atoms with E-state index in [-0.39, 0.29) is 0 Å². The Labute approximate surface area is 192 Å². The van der Waals surface area contributed by atoms with E-state index in [1.54, 1.807) is 0 Å². The van der Waals surface area contributed by atoms with Gasteiger partial charge in [0.05, 0.1) is 5.92 Å². The molecule has 166 valence electrons.